The number of nitrogens with two attached hydrogens (primary N) is 1. The van der Waals surface area contributed by atoms with Crippen molar-refractivity contribution in [3.05, 3.63) is 34.9 Å². The lowest BCUT2D eigenvalue weighted by Crippen LogP contribution is -2.13. The third-order valence-corrected chi connectivity index (χ3v) is 2.61. The molecule has 0 heterocycles. The first-order chi connectivity index (χ1) is 7.18. The SMILES string of the molecule is Cc1c(C#CC2CC2)cccc1C(=N)N. The van der Waals surface area contributed by atoms with E-state index in [0.717, 1.165) is 16.7 Å². The van der Waals surface area contributed by atoms with Crippen LogP contribution >= 0.6 is 0 Å². The zero-order valence-corrected chi connectivity index (χ0v) is 8.80. The molecule has 1 saturated carbocycles. The van der Waals surface area contributed by atoms with Gasteiger partial charge in [0.2, 0.25) is 0 Å². The number of nitrogen functional groups attached to an aromatic ring is 1. The smallest absolute Gasteiger partial charge is 0.123 e. The molecule has 2 heteroatoms. The van der Waals surface area contributed by atoms with E-state index < -0.39 is 0 Å². The van der Waals surface area contributed by atoms with E-state index in [9.17, 15) is 0 Å². The van der Waals surface area contributed by atoms with Crippen molar-refractivity contribution in [2.45, 2.75) is 19.8 Å². The molecule has 2 nitrogen and oxygen atoms in total. The molecule has 15 heavy (non-hydrogen) atoms. The Morgan fingerprint density at radius 3 is 2.80 bits per heavy atom. The van der Waals surface area contributed by atoms with Gasteiger partial charge in [0, 0.05) is 17.0 Å². The molecule has 0 spiro atoms. The first-order valence-corrected chi connectivity index (χ1v) is 5.14. The van der Waals surface area contributed by atoms with E-state index in [1.165, 1.54) is 12.8 Å². The molecular weight excluding hydrogens is 184 g/mol. The van der Waals surface area contributed by atoms with Crippen LogP contribution < -0.4 is 5.73 Å². The first-order valence-electron chi connectivity index (χ1n) is 5.14. The van der Waals surface area contributed by atoms with Crippen LogP contribution in [0.1, 0.15) is 29.5 Å². The van der Waals surface area contributed by atoms with Crippen LogP contribution in [0, 0.1) is 30.1 Å². The van der Waals surface area contributed by atoms with Gasteiger partial charge in [-0.1, -0.05) is 24.0 Å². The summed E-state index contributed by atoms with van der Waals surface area (Å²) < 4.78 is 0. The molecule has 0 bridgehead atoms. The average Bonchev–Trinajstić information content (AvgIpc) is 2.99. The largest absolute Gasteiger partial charge is 0.384 e. The minimum absolute atomic E-state index is 0.113. The highest BCUT2D eigenvalue weighted by Crippen LogP contribution is 2.27. The van der Waals surface area contributed by atoms with E-state index in [2.05, 4.69) is 11.8 Å². The molecule has 0 radical (unpaired) electrons. The lowest BCUT2D eigenvalue weighted by Gasteiger charge is -2.04. The molecule has 1 aromatic rings. The maximum absolute atomic E-state index is 7.43. The predicted molar refractivity (Wildman–Crippen MR) is 61.8 cm³/mol. The van der Waals surface area contributed by atoms with Crippen LogP contribution in [0.2, 0.25) is 0 Å². The Kier molecular flexibility index (Phi) is 2.47. The second-order valence-electron chi connectivity index (χ2n) is 3.94. The molecule has 0 amide bonds. The molecular formula is C13H14N2. The number of amidine groups is 1. The molecule has 0 unspecified atom stereocenters. The molecule has 1 aliphatic carbocycles. The van der Waals surface area contributed by atoms with Crippen molar-refractivity contribution in [3.63, 3.8) is 0 Å². The zero-order chi connectivity index (χ0) is 10.8. The summed E-state index contributed by atoms with van der Waals surface area (Å²) >= 11 is 0. The standard InChI is InChI=1S/C13H14N2/c1-9-11(8-7-10-5-6-10)3-2-4-12(9)13(14)15/h2-4,10H,5-6H2,1H3,(H3,14,15). The van der Waals surface area contributed by atoms with Crippen LogP contribution in [0.4, 0.5) is 0 Å². The van der Waals surface area contributed by atoms with Gasteiger partial charge in [-0.15, -0.1) is 0 Å². The van der Waals surface area contributed by atoms with E-state index >= 15 is 0 Å². The normalized spacial score (nSPS) is 14.2. The van der Waals surface area contributed by atoms with Crippen LogP contribution in [0.15, 0.2) is 18.2 Å². The summed E-state index contributed by atoms with van der Waals surface area (Å²) in [6.45, 7) is 1.97. The third kappa shape index (κ3) is 2.19. The molecule has 0 saturated heterocycles. The van der Waals surface area contributed by atoms with Crippen LogP contribution in [-0.2, 0) is 0 Å². The maximum Gasteiger partial charge on any atom is 0.123 e. The summed E-state index contributed by atoms with van der Waals surface area (Å²) in [5.74, 6) is 7.10. The Hall–Kier alpha value is -1.75. The summed E-state index contributed by atoms with van der Waals surface area (Å²) in [7, 11) is 0. The van der Waals surface area contributed by atoms with Crippen molar-refractivity contribution in [1.29, 1.82) is 5.41 Å². The van der Waals surface area contributed by atoms with Crippen molar-refractivity contribution < 1.29 is 0 Å². The highest BCUT2D eigenvalue weighted by Gasteiger charge is 2.17. The second-order valence-corrected chi connectivity index (χ2v) is 3.94. The molecule has 0 atom stereocenters. The highest BCUT2D eigenvalue weighted by atomic mass is 14.7. The van der Waals surface area contributed by atoms with Crippen molar-refractivity contribution >= 4 is 5.84 Å². The van der Waals surface area contributed by atoms with E-state index in [0.29, 0.717) is 5.92 Å². The van der Waals surface area contributed by atoms with Gasteiger partial charge in [-0.2, -0.15) is 0 Å². The summed E-state index contributed by atoms with van der Waals surface area (Å²) in [6.07, 6.45) is 2.47. The van der Waals surface area contributed by atoms with Gasteiger partial charge >= 0.3 is 0 Å². The van der Waals surface area contributed by atoms with Crippen molar-refractivity contribution in [2.24, 2.45) is 11.7 Å². The predicted octanol–water partition coefficient (Wildman–Crippen LogP) is 2.04. The minimum Gasteiger partial charge on any atom is -0.384 e. The quantitative estimate of drug-likeness (QED) is 0.405. The van der Waals surface area contributed by atoms with Crippen LogP contribution in [0.5, 0.6) is 0 Å². The summed E-state index contributed by atoms with van der Waals surface area (Å²) in [4.78, 5) is 0. The second kappa shape index (κ2) is 3.78. The Morgan fingerprint density at radius 2 is 2.20 bits per heavy atom. The van der Waals surface area contributed by atoms with Crippen molar-refractivity contribution in [2.75, 3.05) is 0 Å². The van der Waals surface area contributed by atoms with Crippen molar-refractivity contribution in [1.82, 2.24) is 0 Å². The topological polar surface area (TPSA) is 49.9 Å². The monoisotopic (exact) mass is 198 g/mol. The fraction of sp³-hybridized carbons (Fsp3) is 0.308. The fourth-order valence-electron chi connectivity index (χ4n) is 1.47. The van der Waals surface area contributed by atoms with Crippen LogP contribution in [0.3, 0.4) is 0 Å². The van der Waals surface area contributed by atoms with Crippen molar-refractivity contribution in [3.8, 4) is 11.8 Å². The van der Waals surface area contributed by atoms with Gasteiger partial charge in [0.15, 0.2) is 0 Å². The van der Waals surface area contributed by atoms with Gasteiger partial charge in [0.1, 0.15) is 5.84 Å². The Balaban J connectivity index is 2.36. The number of hydrogen-bond acceptors (Lipinski definition) is 1. The molecule has 76 valence electrons. The number of rotatable bonds is 1. The summed E-state index contributed by atoms with van der Waals surface area (Å²) in [6, 6.07) is 5.75. The third-order valence-electron chi connectivity index (χ3n) is 2.61. The van der Waals surface area contributed by atoms with Gasteiger partial charge in [-0.25, -0.2) is 0 Å². The van der Waals surface area contributed by atoms with E-state index in [-0.39, 0.29) is 5.84 Å². The maximum atomic E-state index is 7.43. The molecule has 2 rings (SSSR count). The van der Waals surface area contributed by atoms with Gasteiger partial charge < -0.3 is 5.73 Å². The first kappa shape index (κ1) is 9.79. The minimum atomic E-state index is 0.113. The Labute approximate surface area is 90.0 Å². The van der Waals surface area contributed by atoms with Gasteiger partial charge in [0.25, 0.3) is 0 Å². The molecule has 1 fully saturated rings. The molecule has 1 aromatic carbocycles. The van der Waals surface area contributed by atoms with E-state index in [1.807, 2.05) is 25.1 Å². The Bertz CT molecular complexity index is 459. The molecule has 3 N–H and O–H groups in total. The van der Waals surface area contributed by atoms with E-state index in [4.69, 9.17) is 11.1 Å². The van der Waals surface area contributed by atoms with Gasteiger partial charge in [-0.3, -0.25) is 5.41 Å². The fourth-order valence-corrected chi connectivity index (χ4v) is 1.47. The number of benzene rings is 1. The summed E-state index contributed by atoms with van der Waals surface area (Å²) in [5, 5.41) is 7.43. The lowest BCUT2D eigenvalue weighted by molar-refractivity contribution is 1.18. The van der Waals surface area contributed by atoms with Gasteiger partial charge in [-0.05, 0) is 31.4 Å². The zero-order valence-electron chi connectivity index (χ0n) is 8.80. The van der Waals surface area contributed by atoms with Gasteiger partial charge in [0.05, 0.1) is 0 Å². The van der Waals surface area contributed by atoms with Crippen LogP contribution in [0.25, 0.3) is 0 Å². The lowest BCUT2D eigenvalue weighted by atomic mass is 10.0. The molecule has 0 aliphatic heterocycles. The van der Waals surface area contributed by atoms with E-state index in [1.54, 1.807) is 0 Å². The number of nitrogens with one attached hydrogen (secondary N) is 1. The molecule has 1 aliphatic rings. The molecule has 0 aromatic heterocycles. The Morgan fingerprint density at radius 1 is 1.47 bits per heavy atom. The average molecular weight is 198 g/mol. The summed E-state index contributed by atoms with van der Waals surface area (Å²) in [5.41, 5.74) is 8.28. The number of hydrogen-bond donors (Lipinski definition) is 2. The van der Waals surface area contributed by atoms with Crippen LogP contribution in [-0.4, -0.2) is 5.84 Å². The highest BCUT2D eigenvalue weighted by molar-refractivity contribution is 5.96.